The fourth-order valence-corrected chi connectivity index (χ4v) is 2.41. The largest absolute Gasteiger partial charge is 0.475 e. The van der Waals surface area contributed by atoms with Gasteiger partial charge in [0.1, 0.15) is 0 Å². The smallest absolute Gasteiger partial charge is 0.372 e. The maximum atomic E-state index is 12.1. The normalized spacial score (nSPS) is 10.5. The molecule has 2 aromatic rings. The fourth-order valence-electron chi connectivity index (χ4n) is 2.18. The first-order valence-electron chi connectivity index (χ1n) is 7.55. The number of hydrogen-bond donors (Lipinski definition) is 3. The fraction of sp³-hybridized carbons (Fsp3) is 0.312. The molecule has 1 heterocycles. The van der Waals surface area contributed by atoms with E-state index in [1.54, 1.807) is 18.2 Å². The van der Waals surface area contributed by atoms with Crippen molar-refractivity contribution in [1.29, 1.82) is 0 Å². The lowest BCUT2D eigenvalue weighted by Gasteiger charge is -2.08. The minimum absolute atomic E-state index is 0.0959. The second-order valence-electron chi connectivity index (χ2n) is 5.34. The van der Waals surface area contributed by atoms with Crippen molar-refractivity contribution in [3.63, 3.8) is 0 Å². The van der Waals surface area contributed by atoms with Crippen LogP contribution < -0.4 is 10.6 Å². The van der Waals surface area contributed by atoms with E-state index < -0.39 is 12.0 Å². The number of aromatic nitrogens is 2. The third-order valence-electron chi connectivity index (χ3n) is 3.40. The Morgan fingerprint density at radius 3 is 2.71 bits per heavy atom. The first kappa shape index (κ1) is 17.8. The number of halogens is 1. The summed E-state index contributed by atoms with van der Waals surface area (Å²) in [4.78, 5) is 27.3. The zero-order valence-corrected chi connectivity index (χ0v) is 14.2. The Kier molecular flexibility index (Phi) is 5.81. The maximum absolute atomic E-state index is 12.1. The predicted octanol–water partition coefficient (Wildman–Crippen LogP) is 3.99. The van der Waals surface area contributed by atoms with Crippen LogP contribution in [-0.4, -0.2) is 26.7 Å². The molecule has 0 aliphatic rings. The van der Waals surface area contributed by atoms with Crippen LogP contribution in [0.3, 0.4) is 0 Å². The Hall–Kier alpha value is -2.54. The molecule has 0 atom stereocenters. The Balaban J connectivity index is 2.09. The van der Waals surface area contributed by atoms with Gasteiger partial charge in [-0.05, 0) is 37.1 Å². The first-order valence-corrected chi connectivity index (χ1v) is 7.93. The molecule has 0 radical (unpaired) electrons. The highest BCUT2D eigenvalue weighted by atomic mass is 35.5. The summed E-state index contributed by atoms with van der Waals surface area (Å²) in [6.45, 7) is 4.37. The number of hydrogen-bond acceptors (Lipinski definition) is 3. The molecule has 0 saturated carbocycles. The maximum Gasteiger partial charge on any atom is 0.372 e. The van der Waals surface area contributed by atoms with E-state index in [0.717, 1.165) is 18.4 Å². The summed E-state index contributed by atoms with van der Waals surface area (Å²) in [6, 6.07) is 4.60. The summed E-state index contributed by atoms with van der Waals surface area (Å²) in [6.07, 6.45) is 3.27. The molecule has 0 bridgehead atoms. The summed E-state index contributed by atoms with van der Waals surface area (Å²) < 4.78 is 1.52. The van der Waals surface area contributed by atoms with Crippen LogP contribution in [-0.2, 0) is 6.54 Å². The average molecular weight is 351 g/mol. The summed E-state index contributed by atoms with van der Waals surface area (Å²) in [7, 11) is 0. The lowest BCUT2D eigenvalue weighted by atomic mass is 10.2. The topological polar surface area (TPSA) is 96.3 Å². The van der Waals surface area contributed by atoms with E-state index in [1.807, 2.05) is 13.8 Å². The number of carboxylic acids is 1. The molecule has 2 rings (SSSR count). The Bertz CT molecular complexity index is 758. The van der Waals surface area contributed by atoms with Crippen molar-refractivity contribution in [2.24, 2.45) is 0 Å². The molecule has 0 saturated heterocycles. The van der Waals surface area contributed by atoms with Crippen LogP contribution in [0.2, 0.25) is 5.02 Å². The average Bonchev–Trinajstić information content (AvgIpc) is 2.91. The van der Waals surface area contributed by atoms with Crippen LogP contribution in [0, 0.1) is 6.92 Å². The van der Waals surface area contributed by atoms with E-state index in [4.69, 9.17) is 11.6 Å². The minimum Gasteiger partial charge on any atom is -0.475 e. The standard InChI is InChI=1S/C16H19ClN4O3/c1-3-4-7-21-9-13(19-14(21)15(22)23)20-16(24)18-12-6-5-11(17)8-10(12)2/h5-6,8-9H,3-4,7H2,1-2H3,(H,22,23)(H2,18,20,24). The molecule has 0 aliphatic carbocycles. The van der Waals surface area contributed by atoms with Crippen LogP contribution >= 0.6 is 11.6 Å². The second-order valence-corrected chi connectivity index (χ2v) is 5.78. The summed E-state index contributed by atoms with van der Waals surface area (Å²) in [5.41, 5.74) is 1.43. The monoisotopic (exact) mass is 350 g/mol. The Labute approximate surface area is 144 Å². The van der Waals surface area contributed by atoms with Crippen LogP contribution in [0.1, 0.15) is 35.9 Å². The number of benzene rings is 1. The third-order valence-corrected chi connectivity index (χ3v) is 3.63. The molecular weight excluding hydrogens is 332 g/mol. The highest BCUT2D eigenvalue weighted by molar-refractivity contribution is 6.30. The number of carboxylic acid groups (broad SMARTS) is 1. The van der Waals surface area contributed by atoms with Crippen molar-refractivity contribution in [2.75, 3.05) is 10.6 Å². The van der Waals surface area contributed by atoms with E-state index in [-0.39, 0.29) is 11.6 Å². The van der Waals surface area contributed by atoms with E-state index in [2.05, 4.69) is 15.6 Å². The van der Waals surface area contributed by atoms with Crippen LogP contribution in [0.5, 0.6) is 0 Å². The van der Waals surface area contributed by atoms with Gasteiger partial charge in [-0.1, -0.05) is 24.9 Å². The Morgan fingerprint density at radius 1 is 1.33 bits per heavy atom. The summed E-state index contributed by atoms with van der Waals surface area (Å²) in [5, 5.41) is 15.0. The van der Waals surface area contributed by atoms with Gasteiger partial charge >= 0.3 is 12.0 Å². The van der Waals surface area contributed by atoms with E-state index in [0.29, 0.717) is 17.3 Å². The van der Waals surface area contributed by atoms with Gasteiger partial charge in [-0.2, -0.15) is 0 Å². The van der Waals surface area contributed by atoms with Gasteiger partial charge in [-0.3, -0.25) is 5.32 Å². The van der Waals surface area contributed by atoms with E-state index in [1.165, 1.54) is 10.8 Å². The molecule has 8 heteroatoms. The van der Waals surface area contributed by atoms with Crippen molar-refractivity contribution in [3.05, 3.63) is 40.8 Å². The molecule has 3 N–H and O–H groups in total. The molecule has 24 heavy (non-hydrogen) atoms. The molecule has 1 aromatic carbocycles. The highest BCUT2D eigenvalue weighted by Gasteiger charge is 2.16. The number of urea groups is 1. The SMILES string of the molecule is CCCCn1cc(NC(=O)Nc2ccc(Cl)cc2C)nc1C(=O)O. The zero-order valence-electron chi connectivity index (χ0n) is 13.5. The Morgan fingerprint density at radius 2 is 2.08 bits per heavy atom. The van der Waals surface area contributed by atoms with Gasteiger partial charge in [0.05, 0.1) is 0 Å². The second kappa shape index (κ2) is 7.83. The molecule has 0 spiro atoms. The van der Waals surface area contributed by atoms with Gasteiger partial charge in [-0.25, -0.2) is 14.6 Å². The summed E-state index contributed by atoms with van der Waals surface area (Å²) in [5.74, 6) is -1.04. The van der Waals surface area contributed by atoms with E-state index >= 15 is 0 Å². The van der Waals surface area contributed by atoms with Crippen molar-refractivity contribution in [1.82, 2.24) is 9.55 Å². The number of aryl methyl sites for hydroxylation is 2. The molecule has 1 aromatic heterocycles. The molecule has 128 valence electrons. The number of unbranched alkanes of at least 4 members (excludes halogenated alkanes) is 1. The zero-order chi connectivity index (χ0) is 17.7. The van der Waals surface area contributed by atoms with Crippen molar-refractivity contribution in [2.45, 2.75) is 33.2 Å². The first-order chi connectivity index (χ1) is 11.4. The number of anilines is 2. The van der Waals surface area contributed by atoms with Crippen molar-refractivity contribution < 1.29 is 14.7 Å². The number of carbonyl (C=O) groups excluding carboxylic acids is 1. The van der Waals surface area contributed by atoms with Gasteiger partial charge < -0.3 is 15.0 Å². The number of amides is 2. The number of rotatable bonds is 6. The van der Waals surface area contributed by atoms with Gasteiger partial charge in [0.2, 0.25) is 5.82 Å². The number of carbonyl (C=O) groups is 2. The molecule has 2 amide bonds. The molecule has 7 nitrogen and oxygen atoms in total. The number of nitrogens with one attached hydrogen (secondary N) is 2. The molecule has 0 unspecified atom stereocenters. The minimum atomic E-state index is -1.13. The molecular formula is C16H19ClN4O3. The van der Waals surface area contributed by atoms with Crippen LogP contribution in [0.15, 0.2) is 24.4 Å². The van der Waals surface area contributed by atoms with Crippen LogP contribution in [0.25, 0.3) is 0 Å². The quantitative estimate of drug-likeness (QED) is 0.733. The molecule has 0 aliphatic heterocycles. The molecule has 0 fully saturated rings. The van der Waals surface area contributed by atoms with Gasteiger partial charge in [0, 0.05) is 23.5 Å². The lowest BCUT2D eigenvalue weighted by Crippen LogP contribution is -2.20. The van der Waals surface area contributed by atoms with E-state index in [9.17, 15) is 14.7 Å². The summed E-state index contributed by atoms with van der Waals surface area (Å²) >= 11 is 5.88. The third kappa shape index (κ3) is 4.48. The number of nitrogens with zero attached hydrogens (tertiary/aromatic N) is 2. The van der Waals surface area contributed by atoms with Crippen LogP contribution in [0.4, 0.5) is 16.3 Å². The predicted molar refractivity (Wildman–Crippen MR) is 92.9 cm³/mol. The van der Waals surface area contributed by atoms with Gasteiger partial charge in [0.25, 0.3) is 0 Å². The highest BCUT2D eigenvalue weighted by Crippen LogP contribution is 2.20. The van der Waals surface area contributed by atoms with Crippen molar-refractivity contribution >= 4 is 35.1 Å². The van der Waals surface area contributed by atoms with Gasteiger partial charge in [-0.15, -0.1) is 0 Å². The van der Waals surface area contributed by atoms with Gasteiger partial charge in [0.15, 0.2) is 5.82 Å². The lowest BCUT2D eigenvalue weighted by molar-refractivity contribution is 0.0678. The number of imidazole rings is 1. The van der Waals surface area contributed by atoms with Crippen molar-refractivity contribution in [3.8, 4) is 0 Å². The number of aromatic carboxylic acids is 1.